The van der Waals surface area contributed by atoms with Crippen LogP contribution in [-0.2, 0) is 20.8 Å². The number of nitrogens with zero attached hydrogens (tertiary/aromatic N) is 1. The first-order valence-electron chi connectivity index (χ1n) is 6.66. The van der Waals surface area contributed by atoms with Crippen molar-refractivity contribution in [3.63, 3.8) is 0 Å². The average molecular weight is 330 g/mol. The summed E-state index contributed by atoms with van der Waals surface area (Å²) in [5.74, 6) is -3.73. The van der Waals surface area contributed by atoms with Crippen molar-refractivity contribution in [1.82, 2.24) is 9.55 Å². The van der Waals surface area contributed by atoms with E-state index in [9.17, 15) is 29.7 Å². The van der Waals surface area contributed by atoms with Crippen molar-refractivity contribution >= 4 is 12.3 Å². The smallest absolute Gasteiger partial charge is 0.335 e. The molecule has 0 unspecified atom stereocenters. The van der Waals surface area contributed by atoms with Gasteiger partial charge in [0.15, 0.2) is 12.4 Å². The van der Waals surface area contributed by atoms with Crippen molar-refractivity contribution in [2.24, 2.45) is 0 Å². The number of aliphatic hydroxyl groups is 3. The molecular weight excluding hydrogens is 316 g/mol. The second-order valence-electron chi connectivity index (χ2n) is 5.48. The molecule has 0 aromatic carbocycles. The van der Waals surface area contributed by atoms with Gasteiger partial charge in [0, 0.05) is 6.20 Å². The fourth-order valence-corrected chi connectivity index (χ4v) is 2.89. The lowest BCUT2D eigenvalue weighted by atomic mass is 9.95. The molecule has 23 heavy (non-hydrogen) atoms. The maximum absolute atomic E-state index is 11.7. The zero-order valence-electron chi connectivity index (χ0n) is 11.5. The van der Waals surface area contributed by atoms with Gasteiger partial charge < -0.3 is 34.9 Å². The van der Waals surface area contributed by atoms with Gasteiger partial charge in [-0.05, 0) is 0 Å². The Morgan fingerprint density at radius 3 is 2.70 bits per heavy atom. The molecule has 2 aliphatic rings. The molecule has 0 saturated carbocycles. The van der Waals surface area contributed by atoms with Gasteiger partial charge in [0.05, 0.1) is 12.2 Å². The number of nitrogens with one attached hydrogen (secondary N) is 1. The van der Waals surface area contributed by atoms with Crippen LogP contribution in [0.3, 0.4) is 0 Å². The van der Waals surface area contributed by atoms with Gasteiger partial charge in [-0.15, -0.1) is 0 Å². The van der Waals surface area contributed by atoms with E-state index in [1.807, 2.05) is 0 Å². The zero-order chi connectivity index (χ0) is 16.9. The number of carboxylic acids is 1. The summed E-state index contributed by atoms with van der Waals surface area (Å²) >= 11 is 0. The minimum absolute atomic E-state index is 0.0375. The van der Waals surface area contributed by atoms with E-state index in [0.717, 1.165) is 10.8 Å². The van der Waals surface area contributed by atoms with E-state index in [1.165, 1.54) is 0 Å². The Morgan fingerprint density at radius 1 is 1.43 bits per heavy atom. The number of hydrogen-bond acceptors (Lipinski definition) is 8. The molecule has 11 nitrogen and oxygen atoms in total. The quantitative estimate of drug-likeness (QED) is 0.354. The summed E-state index contributed by atoms with van der Waals surface area (Å²) in [5.41, 5.74) is -0.750. The Morgan fingerprint density at radius 2 is 2.13 bits per heavy atom. The van der Waals surface area contributed by atoms with Crippen LogP contribution in [0.15, 0.2) is 11.0 Å². The third-order valence-electron chi connectivity index (χ3n) is 3.95. The Bertz CT molecular complexity index is 697. The first-order valence-corrected chi connectivity index (χ1v) is 6.66. The van der Waals surface area contributed by atoms with Gasteiger partial charge in [0.25, 0.3) is 0 Å². The molecule has 3 rings (SSSR count). The van der Waals surface area contributed by atoms with E-state index >= 15 is 0 Å². The first kappa shape index (κ1) is 15.8. The highest BCUT2D eigenvalue weighted by Gasteiger charge is 2.63. The molecule has 0 amide bonds. The van der Waals surface area contributed by atoms with Crippen LogP contribution in [0.1, 0.15) is 10.5 Å². The third-order valence-corrected chi connectivity index (χ3v) is 3.95. The number of aromatic nitrogens is 2. The fourth-order valence-electron chi connectivity index (χ4n) is 2.89. The van der Waals surface area contributed by atoms with Crippen molar-refractivity contribution in [2.75, 3.05) is 0 Å². The molecular formula is C12H14N2O9. The highest BCUT2D eigenvalue weighted by Crippen LogP contribution is 2.40. The standard InChI is InChI=1S/C12H14N2O9/c15-2-4-1-14(11(20)13-4)3-12(21)9-6(17)7(23-12)5(16)8(22-9)10(18)19/h1-2,5-9,16-17,21H,3H2,(H,13,20)(H,18,19)/t5-,6+,7+,8-,9+,12-/m0/s1. The van der Waals surface area contributed by atoms with Gasteiger partial charge >= 0.3 is 11.7 Å². The molecule has 0 radical (unpaired) electrons. The van der Waals surface area contributed by atoms with Gasteiger partial charge in [-0.2, -0.15) is 0 Å². The van der Waals surface area contributed by atoms with Crippen LogP contribution in [0.2, 0.25) is 0 Å². The molecule has 0 aliphatic carbocycles. The highest BCUT2D eigenvalue weighted by molar-refractivity contribution is 5.73. The molecule has 2 saturated heterocycles. The van der Waals surface area contributed by atoms with Crippen molar-refractivity contribution in [3.8, 4) is 0 Å². The molecule has 126 valence electrons. The summed E-state index contributed by atoms with van der Waals surface area (Å²) in [5, 5.41) is 39.4. The van der Waals surface area contributed by atoms with Crippen molar-refractivity contribution in [3.05, 3.63) is 22.4 Å². The fraction of sp³-hybridized carbons (Fsp3) is 0.583. The summed E-state index contributed by atoms with van der Waals surface area (Å²) in [6, 6.07) is 0. The molecule has 6 atom stereocenters. The summed E-state index contributed by atoms with van der Waals surface area (Å²) in [6.45, 7) is -0.534. The predicted octanol–water partition coefficient (Wildman–Crippen LogP) is -3.35. The second-order valence-corrected chi connectivity index (χ2v) is 5.48. The molecule has 2 aliphatic heterocycles. The molecule has 0 spiro atoms. The molecule has 2 bridgehead atoms. The summed E-state index contributed by atoms with van der Waals surface area (Å²) in [7, 11) is 0. The number of carbonyl (C=O) groups is 2. The van der Waals surface area contributed by atoms with Crippen LogP contribution in [0.4, 0.5) is 0 Å². The van der Waals surface area contributed by atoms with Gasteiger partial charge in [-0.3, -0.25) is 9.36 Å². The topological polar surface area (TPSA) is 171 Å². The zero-order valence-corrected chi connectivity index (χ0v) is 11.5. The van der Waals surface area contributed by atoms with Gasteiger partial charge in [0.1, 0.15) is 24.4 Å². The lowest BCUT2D eigenvalue weighted by Crippen LogP contribution is -2.58. The molecule has 3 heterocycles. The molecule has 11 heteroatoms. The van der Waals surface area contributed by atoms with Crippen molar-refractivity contribution in [2.45, 2.75) is 42.9 Å². The maximum atomic E-state index is 11.7. The Labute approximate surface area is 127 Å². The lowest BCUT2D eigenvalue weighted by Gasteiger charge is -2.34. The van der Waals surface area contributed by atoms with E-state index < -0.39 is 54.5 Å². The van der Waals surface area contributed by atoms with Crippen LogP contribution in [0.25, 0.3) is 0 Å². The van der Waals surface area contributed by atoms with Crippen LogP contribution in [0, 0.1) is 0 Å². The largest absolute Gasteiger partial charge is 0.479 e. The third kappa shape index (κ3) is 2.38. The maximum Gasteiger partial charge on any atom is 0.335 e. The number of carbonyl (C=O) groups excluding carboxylic acids is 1. The molecule has 2 fully saturated rings. The number of rotatable bonds is 4. The van der Waals surface area contributed by atoms with E-state index in [-0.39, 0.29) is 5.69 Å². The summed E-state index contributed by atoms with van der Waals surface area (Å²) < 4.78 is 11.2. The summed E-state index contributed by atoms with van der Waals surface area (Å²) in [4.78, 5) is 35.6. The SMILES string of the molecule is O=Cc1cn(C[C@]2(O)O[C@H]3[C@@H](O)[C@H]2O[C@H](C(=O)O)[C@H]3O)c(=O)[nH]1. The number of hydrogen-bond donors (Lipinski definition) is 5. The number of aldehydes is 1. The van der Waals surface area contributed by atoms with Crippen molar-refractivity contribution < 1.29 is 39.5 Å². The highest BCUT2D eigenvalue weighted by atomic mass is 16.7. The van der Waals surface area contributed by atoms with E-state index in [2.05, 4.69) is 4.98 Å². The van der Waals surface area contributed by atoms with E-state index in [4.69, 9.17) is 14.6 Å². The van der Waals surface area contributed by atoms with Crippen LogP contribution in [-0.4, -0.2) is 78.5 Å². The Balaban J connectivity index is 1.90. The number of imidazole rings is 1. The normalized spacial score (nSPS) is 39.3. The van der Waals surface area contributed by atoms with Crippen molar-refractivity contribution in [1.29, 1.82) is 0 Å². The minimum Gasteiger partial charge on any atom is -0.479 e. The monoisotopic (exact) mass is 330 g/mol. The lowest BCUT2D eigenvalue weighted by molar-refractivity contribution is -0.236. The Kier molecular flexibility index (Phi) is 3.61. The molecule has 5 N–H and O–H groups in total. The number of aliphatic hydroxyl groups excluding tert-OH is 2. The van der Waals surface area contributed by atoms with Gasteiger partial charge in [-0.1, -0.05) is 0 Å². The van der Waals surface area contributed by atoms with Gasteiger partial charge in [0.2, 0.25) is 5.79 Å². The van der Waals surface area contributed by atoms with E-state index in [0.29, 0.717) is 6.29 Å². The number of fused-ring (bicyclic) bond motifs is 2. The number of aliphatic carboxylic acids is 1. The van der Waals surface area contributed by atoms with E-state index in [1.54, 1.807) is 0 Å². The van der Waals surface area contributed by atoms with Crippen LogP contribution >= 0.6 is 0 Å². The van der Waals surface area contributed by atoms with Crippen LogP contribution < -0.4 is 5.69 Å². The van der Waals surface area contributed by atoms with Crippen LogP contribution in [0.5, 0.6) is 0 Å². The first-order chi connectivity index (χ1) is 10.8. The minimum atomic E-state index is -2.25. The molecule has 1 aromatic rings. The number of ether oxygens (including phenoxy) is 2. The summed E-state index contributed by atoms with van der Waals surface area (Å²) in [6.07, 6.45) is -6.22. The number of H-pyrrole nitrogens is 1. The predicted molar refractivity (Wildman–Crippen MR) is 68.6 cm³/mol. The Hall–Kier alpha value is -2.05. The number of aromatic amines is 1. The average Bonchev–Trinajstić information content (AvgIpc) is 2.90. The van der Waals surface area contributed by atoms with Gasteiger partial charge in [-0.25, -0.2) is 9.59 Å². The second kappa shape index (κ2) is 5.25. The number of carboxylic acid groups (broad SMARTS) is 1. The molecule has 1 aromatic heterocycles.